The SMILES string of the molecule is CCCCC/C=C\C/C=C\CCCCCCCCCCCC(=O)O[C@H](COC(=O)CCCCCCC/C=C\CCCCCC)COC(=O)CCCCCCCCCCCCCCCCC. The van der Waals surface area contributed by atoms with Gasteiger partial charge in [-0.1, -0.05) is 243 Å². The van der Waals surface area contributed by atoms with Crippen molar-refractivity contribution in [3.63, 3.8) is 0 Å². The predicted octanol–water partition coefficient (Wildman–Crippen LogP) is 18.9. The van der Waals surface area contributed by atoms with Crippen LogP contribution < -0.4 is 0 Å². The maximum absolute atomic E-state index is 12.8. The van der Waals surface area contributed by atoms with E-state index in [1.165, 1.54) is 193 Å². The Morgan fingerprint density at radius 3 is 0.908 bits per heavy atom. The Labute approximate surface area is 404 Å². The molecule has 1 atom stereocenters. The van der Waals surface area contributed by atoms with Crippen LogP contribution in [0.4, 0.5) is 0 Å². The van der Waals surface area contributed by atoms with Gasteiger partial charge in [-0.15, -0.1) is 0 Å². The lowest BCUT2D eigenvalue weighted by Crippen LogP contribution is -2.30. The summed E-state index contributed by atoms with van der Waals surface area (Å²) in [5.74, 6) is -0.870. The Hall–Kier alpha value is -2.37. The van der Waals surface area contributed by atoms with E-state index in [0.717, 1.165) is 70.6 Å². The summed E-state index contributed by atoms with van der Waals surface area (Å²) in [6.07, 6.45) is 64.1. The van der Waals surface area contributed by atoms with Crippen molar-refractivity contribution in [1.29, 1.82) is 0 Å². The van der Waals surface area contributed by atoms with E-state index in [-0.39, 0.29) is 31.1 Å². The van der Waals surface area contributed by atoms with Crippen molar-refractivity contribution in [2.75, 3.05) is 13.2 Å². The van der Waals surface area contributed by atoms with Crippen molar-refractivity contribution < 1.29 is 28.6 Å². The van der Waals surface area contributed by atoms with Crippen LogP contribution in [0.15, 0.2) is 36.5 Å². The zero-order chi connectivity index (χ0) is 47.2. The van der Waals surface area contributed by atoms with Gasteiger partial charge < -0.3 is 14.2 Å². The molecule has 0 unspecified atom stereocenters. The van der Waals surface area contributed by atoms with Gasteiger partial charge in [0.05, 0.1) is 0 Å². The van der Waals surface area contributed by atoms with Crippen molar-refractivity contribution in [3.05, 3.63) is 36.5 Å². The van der Waals surface area contributed by atoms with E-state index < -0.39 is 6.10 Å². The van der Waals surface area contributed by atoms with Gasteiger partial charge in [-0.2, -0.15) is 0 Å². The third kappa shape index (κ3) is 52.5. The maximum atomic E-state index is 12.8. The van der Waals surface area contributed by atoms with E-state index in [1.807, 2.05) is 0 Å². The lowest BCUT2D eigenvalue weighted by molar-refractivity contribution is -0.167. The summed E-state index contributed by atoms with van der Waals surface area (Å²) in [6, 6.07) is 0. The summed E-state index contributed by atoms with van der Waals surface area (Å²) in [6.45, 7) is 6.63. The summed E-state index contributed by atoms with van der Waals surface area (Å²) in [4.78, 5) is 38.1. The molecule has 65 heavy (non-hydrogen) atoms. The van der Waals surface area contributed by atoms with E-state index in [9.17, 15) is 14.4 Å². The molecule has 0 fully saturated rings. The standard InChI is InChI=1S/C59H108O6/c1-4-7-10-13-16-19-22-25-27-28-29-30-32-35-38-41-44-47-50-53-59(62)65-56(54-63-57(60)51-48-45-42-39-36-33-24-21-18-15-12-9-6-3)55-64-58(61)52-49-46-43-40-37-34-31-26-23-20-17-14-11-8-5-2/h16,19,21,24-25,27,56H,4-15,17-18,20,22-23,26,28-55H2,1-3H3/b19-16-,24-21-,27-25-/t56-/m1/s1. The first kappa shape index (κ1) is 62.6. The van der Waals surface area contributed by atoms with Gasteiger partial charge in [0.25, 0.3) is 0 Å². The first-order valence-corrected chi connectivity index (χ1v) is 28.5. The number of carbonyl (C=O) groups excluding carboxylic acids is 3. The Morgan fingerprint density at radius 2 is 0.554 bits per heavy atom. The molecule has 0 radical (unpaired) electrons. The second-order valence-corrected chi connectivity index (χ2v) is 19.2. The third-order valence-corrected chi connectivity index (χ3v) is 12.6. The van der Waals surface area contributed by atoms with Gasteiger partial charge in [-0.3, -0.25) is 14.4 Å². The van der Waals surface area contributed by atoms with Crippen molar-refractivity contribution in [2.24, 2.45) is 0 Å². The topological polar surface area (TPSA) is 78.9 Å². The summed E-state index contributed by atoms with van der Waals surface area (Å²) >= 11 is 0. The van der Waals surface area contributed by atoms with Crippen molar-refractivity contribution >= 4 is 17.9 Å². The van der Waals surface area contributed by atoms with Crippen LogP contribution in [-0.4, -0.2) is 37.2 Å². The number of ether oxygens (including phenoxy) is 3. The molecule has 380 valence electrons. The first-order valence-electron chi connectivity index (χ1n) is 28.5. The van der Waals surface area contributed by atoms with Crippen molar-refractivity contribution in [1.82, 2.24) is 0 Å². The molecule has 0 amide bonds. The molecule has 0 aliphatic carbocycles. The highest BCUT2D eigenvalue weighted by Gasteiger charge is 2.19. The van der Waals surface area contributed by atoms with Crippen LogP contribution in [-0.2, 0) is 28.6 Å². The molecule has 0 rings (SSSR count). The molecule has 0 bridgehead atoms. The van der Waals surface area contributed by atoms with Gasteiger partial charge >= 0.3 is 17.9 Å². The van der Waals surface area contributed by atoms with E-state index in [4.69, 9.17) is 14.2 Å². The monoisotopic (exact) mass is 913 g/mol. The molecule has 0 saturated carbocycles. The molecule has 0 spiro atoms. The lowest BCUT2D eigenvalue weighted by Gasteiger charge is -2.18. The number of hydrogen-bond donors (Lipinski definition) is 0. The van der Waals surface area contributed by atoms with Crippen LogP contribution >= 0.6 is 0 Å². The van der Waals surface area contributed by atoms with Gasteiger partial charge in [0.2, 0.25) is 0 Å². The lowest BCUT2D eigenvalue weighted by atomic mass is 10.0. The number of esters is 3. The minimum Gasteiger partial charge on any atom is -0.462 e. The fourth-order valence-electron chi connectivity index (χ4n) is 8.29. The van der Waals surface area contributed by atoms with Crippen LogP contribution in [0.25, 0.3) is 0 Å². The Kier molecular flexibility index (Phi) is 52.3. The quantitative estimate of drug-likeness (QED) is 0.0262. The molecular weight excluding hydrogens is 805 g/mol. The highest BCUT2D eigenvalue weighted by molar-refractivity contribution is 5.71. The van der Waals surface area contributed by atoms with Crippen LogP contribution in [0.5, 0.6) is 0 Å². The molecule has 6 nitrogen and oxygen atoms in total. The van der Waals surface area contributed by atoms with Gasteiger partial charge in [0, 0.05) is 19.3 Å². The first-order chi connectivity index (χ1) is 32.0. The molecular formula is C59H108O6. The molecule has 0 N–H and O–H groups in total. The highest BCUT2D eigenvalue weighted by atomic mass is 16.6. The summed E-state index contributed by atoms with van der Waals surface area (Å²) < 4.78 is 16.9. The second-order valence-electron chi connectivity index (χ2n) is 19.2. The molecule has 0 saturated heterocycles. The smallest absolute Gasteiger partial charge is 0.306 e. The Balaban J connectivity index is 4.34. The predicted molar refractivity (Wildman–Crippen MR) is 279 cm³/mol. The molecule has 6 heteroatoms. The van der Waals surface area contributed by atoms with Gasteiger partial charge in [-0.05, 0) is 77.0 Å². The number of unbranched alkanes of at least 4 members (excludes halogenated alkanes) is 35. The molecule has 0 aliphatic heterocycles. The fraction of sp³-hybridized carbons (Fsp3) is 0.847. The normalized spacial score (nSPS) is 12.2. The Bertz CT molecular complexity index is 1090. The van der Waals surface area contributed by atoms with Crippen LogP contribution in [0, 0.1) is 0 Å². The van der Waals surface area contributed by atoms with Gasteiger partial charge in [0.1, 0.15) is 13.2 Å². The minimum absolute atomic E-state index is 0.0728. The third-order valence-electron chi connectivity index (χ3n) is 12.6. The molecule has 0 aromatic heterocycles. The Morgan fingerprint density at radius 1 is 0.308 bits per heavy atom. The van der Waals surface area contributed by atoms with Gasteiger partial charge in [0.15, 0.2) is 6.10 Å². The zero-order valence-corrected chi connectivity index (χ0v) is 43.5. The van der Waals surface area contributed by atoms with E-state index >= 15 is 0 Å². The summed E-state index contributed by atoms with van der Waals surface area (Å²) in [5, 5.41) is 0. The minimum atomic E-state index is -0.774. The largest absolute Gasteiger partial charge is 0.462 e. The average molecular weight is 914 g/mol. The fourth-order valence-corrected chi connectivity index (χ4v) is 8.29. The van der Waals surface area contributed by atoms with Gasteiger partial charge in [-0.25, -0.2) is 0 Å². The molecule has 0 aromatic carbocycles. The van der Waals surface area contributed by atoms with Crippen LogP contribution in [0.1, 0.15) is 303 Å². The zero-order valence-electron chi connectivity index (χ0n) is 43.5. The van der Waals surface area contributed by atoms with Crippen LogP contribution in [0.2, 0.25) is 0 Å². The van der Waals surface area contributed by atoms with E-state index in [0.29, 0.717) is 19.3 Å². The number of allylic oxidation sites excluding steroid dienone is 6. The van der Waals surface area contributed by atoms with Crippen LogP contribution in [0.3, 0.4) is 0 Å². The van der Waals surface area contributed by atoms with E-state index in [2.05, 4.69) is 57.2 Å². The number of rotatable bonds is 52. The molecule has 0 aliphatic rings. The summed E-state index contributed by atoms with van der Waals surface area (Å²) in [7, 11) is 0. The summed E-state index contributed by atoms with van der Waals surface area (Å²) in [5.41, 5.74) is 0. The van der Waals surface area contributed by atoms with Crippen molar-refractivity contribution in [3.8, 4) is 0 Å². The number of carbonyl (C=O) groups is 3. The maximum Gasteiger partial charge on any atom is 0.306 e. The number of hydrogen-bond acceptors (Lipinski definition) is 6. The second kappa shape index (κ2) is 54.2. The van der Waals surface area contributed by atoms with E-state index in [1.54, 1.807) is 0 Å². The molecule has 0 aromatic rings. The average Bonchev–Trinajstić information content (AvgIpc) is 3.30. The van der Waals surface area contributed by atoms with Crippen molar-refractivity contribution in [2.45, 2.75) is 309 Å². The highest BCUT2D eigenvalue weighted by Crippen LogP contribution is 2.16. The molecule has 0 heterocycles.